The summed E-state index contributed by atoms with van der Waals surface area (Å²) >= 11 is 12.0. The van der Waals surface area contributed by atoms with Gasteiger partial charge >= 0.3 is 69.5 Å². The Morgan fingerprint density at radius 2 is 1.19 bits per heavy atom. The molecule has 0 fully saturated rings. The normalized spacial score (nSPS) is 11.5. The van der Waals surface area contributed by atoms with Crippen molar-refractivity contribution in [3.8, 4) is 11.5 Å². The molecule has 5 nitrogen and oxygen atoms in total. The van der Waals surface area contributed by atoms with E-state index in [0.29, 0.717) is 32.9 Å². The Morgan fingerprint density at radius 3 is 1.59 bits per heavy atom. The first kappa shape index (κ1) is 31.1. The first-order valence-electron chi connectivity index (χ1n) is 12.5. The summed E-state index contributed by atoms with van der Waals surface area (Å²) in [6.45, 7) is 8.09. The van der Waals surface area contributed by atoms with Crippen molar-refractivity contribution in [1.29, 1.82) is 0 Å². The van der Waals surface area contributed by atoms with Gasteiger partial charge < -0.3 is 10.2 Å². The van der Waals surface area contributed by atoms with Crippen LogP contribution in [-0.4, -0.2) is 37.5 Å². The zero-order chi connectivity index (χ0) is 27.2. The van der Waals surface area contributed by atoms with Crippen molar-refractivity contribution in [3.63, 3.8) is 0 Å². The Labute approximate surface area is 240 Å². The number of aliphatic imine (C=N–C) groups is 2. The standard InChI is InChI=1S/C21H17Cl2N3O2.2C4H9.Sn/c1-12(24-18-10-14(22)6-8-20(18)27)16-4-3-5-17(26-16)13(2)25-19-11-15(23)7-9-21(19)28;2*1-3-4-2;/h3-11,27-28H,1-2H3;2*1,3-4H2,2H3;/q;;;+2/p-2. The van der Waals surface area contributed by atoms with Crippen molar-refractivity contribution in [1.82, 2.24) is 4.98 Å². The third-order valence-corrected chi connectivity index (χ3v) is 9.83. The quantitative estimate of drug-likeness (QED) is 0.128. The van der Waals surface area contributed by atoms with Gasteiger partial charge in [-0.05, 0) is 50.2 Å². The second-order valence-corrected chi connectivity index (χ2v) is 13.6. The number of unbranched alkanes of at least 4 members (excludes halogenated alkanes) is 2. The molecule has 0 saturated heterocycles. The summed E-state index contributed by atoms with van der Waals surface area (Å²) in [7, 11) is 0. The molecule has 3 rings (SSSR count). The van der Waals surface area contributed by atoms with Gasteiger partial charge in [0.25, 0.3) is 0 Å². The molecule has 0 aliphatic rings. The van der Waals surface area contributed by atoms with Crippen molar-refractivity contribution in [2.45, 2.75) is 62.3 Å². The van der Waals surface area contributed by atoms with E-state index >= 15 is 0 Å². The first-order valence-corrected chi connectivity index (χ1v) is 17.3. The minimum absolute atomic E-state index is 0.149. The summed E-state index contributed by atoms with van der Waals surface area (Å²) in [5.41, 5.74) is 2.78. The second-order valence-electron chi connectivity index (χ2n) is 8.48. The van der Waals surface area contributed by atoms with Crippen LogP contribution in [0.4, 0.5) is 11.4 Å². The molecule has 2 aromatic carbocycles. The molecule has 37 heavy (non-hydrogen) atoms. The van der Waals surface area contributed by atoms with Gasteiger partial charge in [0.2, 0.25) is 0 Å². The predicted octanol–water partition coefficient (Wildman–Crippen LogP) is 7.94. The van der Waals surface area contributed by atoms with Crippen LogP contribution in [0.25, 0.3) is 0 Å². The van der Waals surface area contributed by atoms with E-state index in [1.807, 2.05) is 6.07 Å². The Morgan fingerprint density at radius 1 is 0.757 bits per heavy atom. The fraction of sp³-hybridized carbons (Fsp3) is 0.345. The summed E-state index contributed by atoms with van der Waals surface area (Å²) in [4.78, 5) is 13.2. The molecule has 1 heterocycles. The van der Waals surface area contributed by atoms with E-state index in [1.54, 1.807) is 34.9 Å². The zero-order valence-electron chi connectivity index (χ0n) is 21.9. The fourth-order valence-corrected chi connectivity index (χ4v) is 7.69. The molecule has 0 aliphatic carbocycles. The fourth-order valence-electron chi connectivity index (χ4n) is 3.20. The minimum atomic E-state index is -0.221. The maximum atomic E-state index is 11.9. The number of pyridine rings is 1. The number of halogens is 2. The van der Waals surface area contributed by atoms with E-state index in [1.165, 1.54) is 62.1 Å². The van der Waals surface area contributed by atoms with Gasteiger partial charge in [-0.2, -0.15) is 0 Å². The average molecular weight is 645 g/mol. The summed E-state index contributed by atoms with van der Waals surface area (Å²) in [6, 6.07) is 14.2. The van der Waals surface area contributed by atoms with E-state index in [4.69, 9.17) is 23.2 Å². The molecular formula is C29H33Cl2N3O2Sn. The SMILES string of the molecule is CC(=Nc1cc(Cl)ccc1[O-])c1cccc(C(C)=Nc2cc(Cl)ccc2[O-])n1.CCC[CH2][Sn+2][CH2]CCC. The van der Waals surface area contributed by atoms with Crippen molar-refractivity contribution < 1.29 is 10.2 Å². The molecule has 0 aliphatic heterocycles. The molecule has 0 amide bonds. The van der Waals surface area contributed by atoms with E-state index < -0.39 is 0 Å². The van der Waals surface area contributed by atoms with Gasteiger partial charge in [0.1, 0.15) is 0 Å². The average Bonchev–Trinajstić information content (AvgIpc) is 2.89. The van der Waals surface area contributed by atoms with Gasteiger partial charge in [0.15, 0.2) is 0 Å². The Kier molecular flexibility index (Phi) is 14.0. The van der Waals surface area contributed by atoms with Crippen LogP contribution < -0.4 is 10.2 Å². The molecule has 8 heteroatoms. The van der Waals surface area contributed by atoms with Gasteiger partial charge in [0, 0.05) is 10.0 Å². The van der Waals surface area contributed by atoms with Crippen molar-refractivity contribution in [3.05, 3.63) is 76.0 Å². The number of rotatable bonds is 10. The molecule has 0 unspecified atom stereocenters. The second kappa shape index (κ2) is 16.7. The van der Waals surface area contributed by atoms with Crippen LogP contribution in [0.3, 0.4) is 0 Å². The van der Waals surface area contributed by atoms with Crippen LogP contribution in [0.1, 0.15) is 64.8 Å². The van der Waals surface area contributed by atoms with Crippen LogP contribution in [-0.2, 0) is 0 Å². The van der Waals surface area contributed by atoms with Crippen LogP contribution in [0.5, 0.6) is 11.5 Å². The Hall–Kier alpha value is -2.09. The summed E-state index contributed by atoms with van der Waals surface area (Å²) in [5, 5.41) is 24.7. The first-order chi connectivity index (χ1) is 17.7. The number of hydrogen-bond donors (Lipinski definition) is 0. The number of benzene rings is 2. The predicted molar refractivity (Wildman–Crippen MR) is 155 cm³/mol. The molecular weight excluding hydrogens is 612 g/mol. The molecule has 3 aromatic rings. The van der Waals surface area contributed by atoms with Crippen molar-refractivity contribution >= 4 is 67.1 Å². The Bertz CT molecular complexity index is 1130. The third kappa shape index (κ3) is 11.0. The molecule has 0 spiro atoms. The molecule has 194 valence electrons. The van der Waals surface area contributed by atoms with E-state index in [2.05, 4.69) is 28.8 Å². The molecule has 0 atom stereocenters. The Balaban J connectivity index is 0.000000458. The van der Waals surface area contributed by atoms with Gasteiger partial charge in [-0.1, -0.05) is 52.9 Å². The van der Waals surface area contributed by atoms with E-state index in [9.17, 15) is 10.2 Å². The molecule has 0 bridgehead atoms. The van der Waals surface area contributed by atoms with Gasteiger partial charge in [0.05, 0.1) is 34.2 Å². The molecule has 1 aromatic heterocycles. The van der Waals surface area contributed by atoms with Gasteiger partial charge in [-0.25, -0.2) is 4.98 Å². The van der Waals surface area contributed by atoms with Crippen LogP contribution >= 0.6 is 23.2 Å². The topological polar surface area (TPSA) is 83.7 Å². The summed E-state index contributed by atoms with van der Waals surface area (Å²) in [5.74, 6) is -0.442. The van der Waals surface area contributed by atoms with Crippen LogP contribution in [0.2, 0.25) is 18.9 Å². The van der Waals surface area contributed by atoms with E-state index in [0.717, 1.165) is 0 Å². The molecule has 0 radical (unpaired) electrons. The summed E-state index contributed by atoms with van der Waals surface area (Å²) < 4.78 is 3.25. The third-order valence-electron chi connectivity index (χ3n) is 5.32. The van der Waals surface area contributed by atoms with Crippen molar-refractivity contribution in [2.24, 2.45) is 9.98 Å². The van der Waals surface area contributed by atoms with Crippen LogP contribution in [0.15, 0.2) is 64.6 Å². The monoisotopic (exact) mass is 645 g/mol. The van der Waals surface area contributed by atoms with Gasteiger partial charge in [-0.3, -0.25) is 9.98 Å². The van der Waals surface area contributed by atoms with Gasteiger partial charge in [-0.15, -0.1) is 0 Å². The number of aromatic nitrogens is 1. The number of nitrogens with zero attached hydrogens (tertiary/aromatic N) is 3. The van der Waals surface area contributed by atoms with Crippen molar-refractivity contribution in [2.75, 3.05) is 0 Å². The van der Waals surface area contributed by atoms with E-state index in [-0.39, 0.29) is 44.0 Å². The maximum absolute atomic E-state index is 11.9. The van der Waals surface area contributed by atoms with Crippen LogP contribution in [0, 0.1) is 0 Å². The number of hydrogen-bond acceptors (Lipinski definition) is 5. The zero-order valence-corrected chi connectivity index (χ0v) is 26.2. The molecule has 0 saturated carbocycles. The molecule has 0 N–H and O–H groups in total. The summed E-state index contributed by atoms with van der Waals surface area (Å²) in [6.07, 6.45) is 5.84.